The largest absolute Gasteiger partial charge is 0.302 e. The molecule has 1 saturated carbocycles. The van der Waals surface area contributed by atoms with Gasteiger partial charge in [-0.15, -0.1) is 0 Å². The number of hydrogen-bond donors (Lipinski definition) is 0. The Labute approximate surface area is 136 Å². The van der Waals surface area contributed by atoms with Gasteiger partial charge in [-0.25, -0.2) is 0 Å². The molecule has 0 radical (unpaired) electrons. The summed E-state index contributed by atoms with van der Waals surface area (Å²) in [5.74, 6) is 0.193. The summed E-state index contributed by atoms with van der Waals surface area (Å²) in [6, 6.07) is 7.54. The summed E-state index contributed by atoms with van der Waals surface area (Å²) >= 11 is 3.41. The maximum Gasteiger partial charge on any atom is 0.179 e. The number of Topliss-reactive ketones (excluding diaryl/α,β-unsaturated/α-hetero) is 1. The van der Waals surface area contributed by atoms with Gasteiger partial charge in [-0.05, 0) is 59.5 Å². The van der Waals surface area contributed by atoms with Gasteiger partial charge in [0.1, 0.15) is 0 Å². The molecule has 4 heteroatoms. The first-order chi connectivity index (χ1) is 9.85. The topological polar surface area (TPSA) is 23.6 Å². The number of hydrogen-bond acceptors (Lipinski definition) is 3. The van der Waals surface area contributed by atoms with Crippen molar-refractivity contribution in [3.05, 3.63) is 34.3 Å². The summed E-state index contributed by atoms with van der Waals surface area (Å²) in [5.41, 5.74) is 1.04. The van der Waals surface area contributed by atoms with Crippen LogP contribution in [0, 0.1) is 0 Å². The van der Waals surface area contributed by atoms with E-state index in [1.165, 1.54) is 19.3 Å². The van der Waals surface area contributed by atoms with Gasteiger partial charge in [0, 0.05) is 22.1 Å². The minimum absolute atomic E-state index is 0.0939. The van der Waals surface area contributed by atoms with Crippen LogP contribution in [-0.2, 0) is 0 Å². The van der Waals surface area contributed by atoms with E-state index in [2.05, 4.69) is 46.9 Å². The summed E-state index contributed by atoms with van der Waals surface area (Å²) < 4.78 is 1.00. The summed E-state index contributed by atoms with van der Waals surface area (Å²) in [6.07, 6.45) is 3.74. The standard InChI is InChI=1S/C17H25BrN2O/c1-13(16(21)14-6-8-15(18)9-7-14)20(4)12-17(19(2)3)10-5-11-17/h6-9,13H,5,10-12H2,1-4H3. The van der Waals surface area contributed by atoms with E-state index in [9.17, 15) is 4.79 Å². The van der Waals surface area contributed by atoms with Gasteiger partial charge in [-0.1, -0.05) is 28.1 Å². The predicted octanol–water partition coefficient (Wildman–Crippen LogP) is 3.44. The summed E-state index contributed by atoms with van der Waals surface area (Å²) in [5, 5.41) is 0. The van der Waals surface area contributed by atoms with Crippen LogP contribution in [-0.4, -0.2) is 54.9 Å². The van der Waals surface area contributed by atoms with E-state index in [0.29, 0.717) is 0 Å². The molecule has 0 bridgehead atoms. The second-order valence-corrected chi connectivity index (χ2v) is 7.35. The zero-order valence-corrected chi connectivity index (χ0v) is 15.0. The minimum atomic E-state index is -0.0939. The van der Waals surface area contributed by atoms with Crippen LogP contribution in [0.2, 0.25) is 0 Å². The zero-order chi connectivity index (χ0) is 15.6. The molecule has 1 aromatic rings. The molecular weight excluding hydrogens is 328 g/mol. The average molecular weight is 353 g/mol. The summed E-state index contributed by atoms with van der Waals surface area (Å²) in [7, 11) is 6.35. The van der Waals surface area contributed by atoms with E-state index in [1.54, 1.807) is 0 Å². The van der Waals surface area contributed by atoms with Gasteiger partial charge in [0.25, 0.3) is 0 Å². The molecule has 0 aliphatic heterocycles. The molecule has 3 nitrogen and oxygen atoms in total. The third kappa shape index (κ3) is 3.55. The van der Waals surface area contributed by atoms with E-state index >= 15 is 0 Å². The Kier molecular flexibility index (Phi) is 5.23. The maximum atomic E-state index is 12.6. The Bertz CT molecular complexity index is 494. The fourth-order valence-electron chi connectivity index (χ4n) is 2.99. The van der Waals surface area contributed by atoms with Crippen molar-refractivity contribution in [3.63, 3.8) is 0 Å². The molecule has 1 aliphatic rings. The van der Waals surface area contributed by atoms with Crippen molar-refractivity contribution in [3.8, 4) is 0 Å². The Morgan fingerprint density at radius 3 is 2.24 bits per heavy atom. The molecule has 116 valence electrons. The number of ketones is 1. The predicted molar refractivity (Wildman–Crippen MR) is 90.8 cm³/mol. The fourth-order valence-corrected chi connectivity index (χ4v) is 3.25. The molecule has 1 aromatic carbocycles. The van der Waals surface area contributed by atoms with Gasteiger partial charge in [0.05, 0.1) is 6.04 Å². The highest BCUT2D eigenvalue weighted by atomic mass is 79.9. The van der Waals surface area contributed by atoms with E-state index in [4.69, 9.17) is 0 Å². The van der Waals surface area contributed by atoms with Crippen LogP contribution in [0.5, 0.6) is 0 Å². The normalized spacial score (nSPS) is 18.6. The number of rotatable bonds is 6. The lowest BCUT2D eigenvalue weighted by Crippen LogP contribution is -2.58. The molecule has 0 N–H and O–H groups in total. The molecule has 0 heterocycles. The monoisotopic (exact) mass is 352 g/mol. The first-order valence-electron chi connectivity index (χ1n) is 7.53. The van der Waals surface area contributed by atoms with Crippen LogP contribution in [0.1, 0.15) is 36.5 Å². The van der Waals surface area contributed by atoms with Crippen LogP contribution < -0.4 is 0 Å². The van der Waals surface area contributed by atoms with E-state index in [1.807, 2.05) is 31.2 Å². The van der Waals surface area contributed by atoms with Crippen LogP contribution >= 0.6 is 15.9 Å². The van der Waals surface area contributed by atoms with Crippen molar-refractivity contribution in [2.75, 3.05) is 27.7 Å². The highest BCUT2D eigenvalue weighted by Crippen LogP contribution is 2.37. The number of halogens is 1. The lowest BCUT2D eigenvalue weighted by Gasteiger charge is -2.50. The first kappa shape index (κ1) is 16.7. The van der Waals surface area contributed by atoms with E-state index in [0.717, 1.165) is 16.6 Å². The molecule has 2 rings (SSSR count). The summed E-state index contributed by atoms with van der Waals surface area (Å²) in [6.45, 7) is 2.95. The molecule has 0 spiro atoms. The van der Waals surface area contributed by atoms with Gasteiger partial charge in [-0.3, -0.25) is 9.69 Å². The highest BCUT2D eigenvalue weighted by Gasteiger charge is 2.41. The number of nitrogens with zero attached hydrogens (tertiary/aromatic N) is 2. The molecule has 0 saturated heterocycles. The second-order valence-electron chi connectivity index (χ2n) is 6.43. The average Bonchev–Trinajstić information content (AvgIpc) is 2.41. The van der Waals surface area contributed by atoms with Gasteiger partial charge in [-0.2, -0.15) is 0 Å². The van der Waals surface area contributed by atoms with Crippen molar-refractivity contribution in [1.82, 2.24) is 9.80 Å². The van der Waals surface area contributed by atoms with E-state index in [-0.39, 0.29) is 17.4 Å². The van der Waals surface area contributed by atoms with Crippen LogP contribution in [0.25, 0.3) is 0 Å². The smallest absolute Gasteiger partial charge is 0.179 e. The van der Waals surface area contributed by atoms with Crippen LogP contribution in [0.4, 0.5) is 0 Å². The van der Waals surface area contributed by atoms with Gasteiger partial charge < -0.3 is 4.90 Å². The van der Waals surface area contributed by atoms with Crippen molar-refractivity contribution in [1.29, 1.82) is 0 Å². The van der Waals surface area contributed by atoms with E-state index < -0.39 is 0 Å². The van der Waals surface area contributed by atoms with Gasteiger partial charge >= 0.3 is 0 Å². The van der Waals surface area contributed by atoms with Gasteiger partial charge in [0.2, 0.25) is 0 Å². The molecular formula is C17H25BrN2O. The molecule has 0 aromatic heterocycles. The maximum absolute atomic E-state index is 12.6. The highest BCUT2D eigenvalue weighted by molar-refractivity contribution is 9.10. The Morgan fingerprint density at radius 2 is 1.81 bits per heavy atom. The number of carbonyl (C=O) groups excluding carboxylic acids is 1. The van der Waals surface area contributed by atoms with Crippen molar-refractivity contribution >= 4 is 21.7 Å². The van der Waals surface area contributed by atoms with Crippen LogP contribution in [0.3, 0.4) is 0 Å². The number of benzene rings is 1. The number of carbonyl (C=O) groups is 1. The molecule has 1 unspecified atom stereocenters. The molecule has 1 fully saturated rings. The molecule has 1 aliphatic carbocycles. The molecule has 0 amide bonds. The Morgan fingerprint density at radius 1 is 1.24 bits per heavy atom. The van der Waals surface area contributed by atoms with Crippen LogP contribution in [0.15, 0.2) is 28.7 Å². The van der Waals surface area contributed by atoms with Crippen molar-refractivity contribution in [2.45, 2.75) is 37.8 Å². The lowest BCUT2D eigenvalue weighted by atomic mass is 9.75. The van der Waals surface area contributed by atoms with Crippen molar-refractivity contribution < 1.29 is 4.79 Å². The Hall–Kier alpha value is -0.710. The summed E-state index contributed by atoms with van der Waals surface area (Å²) in [4.78, 5) is 17.1. The third-order valence-electron chi connectivity index (χ3n) is 4.95. The SMILES string of the molecule is CC(C(=O)c1ccc(Br)cc1)N(C)CC1(N(C)C)CCC1. The molecule has 21 heavy (non-hydrogen) atoms. The minimum Gasteiger partial charge on any atom is -0.302 e. The fraction of sp³-hybridized carbons (Fsp3) is 0.588. The Balaban J connectivity index is 2.03. The second kappa shape index (κ2) is 6.59. The van der Waals surface area contributed by atoms with Crippen molar-refractivity contribution in [2.24, 2.45) is 0 Å². The molecule has 1 atom stereocenters. The number of likely N-dealkylation sites (N-methyl/N-ethyl adjacent to an activating group) is 2. The lowest BCUT2D eigenvalue weighted by molar-refractivity contribution is 0.0187. The first-order valence-corrected chi connectivity index (χ1v) is 8.32. The quantitative estimate of drug-likeness (QED) is 0.732. The zero-order valence-electron chi connectivity index (χ0n) is 13.4. The third-order valence-corrected chi connectivity index (χ3v) is 5.47. The van der Waals surface area contributed by atoms with Gasteiger partial charge in [0.15, 0.2) is 5.78 Å².